The monoisotopic (exact) mass is 362 g/mol. The van der Waals surface area contributed by atoms with Crippen molar-refractivity contribution in [2.75, 3.05) is 0 Å². The lowest BCUT2D eigenvalue weighted by Gasteiger charge is -2.34. The first-order valence-corrected chi connectivity index (χ1v) is 12.7. The molecule has 0 nitrogen and oxygen atoms in total. The molecular weight excluding hydrogens is 336 g/mol. The largest absolute Gasteiger partial charge is 0.130 e. The normalized spacial score (nSPS) is 22.4. The van der Waals surface area contributed by atoms with Crippen molar-refractivity contribution in [1.29, 1.82) is 0 Å². The van der Waals surface area contributed by atoms with Crippen LogP contribution in [0.25, 0.3) is 0 Å². The maximum absolute atomic E-state index is 5.81. The van der Waals surface area contributed by atoms with E-state index < -0.39 is 13.5 Å². The Kier molecular flexibility index (Phi) is 5.89. The molecule has 0 saturated heterocycles. The smallest absolute Gasteiger partial charge is 0.129 e. The van der Waals surface area contributed by atoms with Gasteiger partial charge in [0.05, 0.1) is 5.41 Å². The molecule has 0 fully saturated rings. The SMILES string of the molecule is C#Cc1ccccc1C1(C#C[Si](C)(C)C)C=CC(C(C)=S)C=C1CC. The molecule has 1 aromatic carbocycles. The fourth-order valence-corrected chi connectivity index (χ4v) is 3.82. The molecular formula is C23H26SSi. The minimum atomic E-state index is -1.53. The number of benzene rings is 1. The average Bonchev–Trinajstić information content (AvgIpc) is 2.58. The molecule has 25 heavy (non-hydrogen) atoms. The Morgan fingerprint density at radius 2 is 1.96 bits per heavy atom. The van der Waals surface area contributed by atoms with Gasteiger partial charge in [0.25, 0.3) is 0 Å². The van der Waals surface area contributed by atoms with Crippen LogP contribution in [0.4, 0.5) is 0 Å². The first-order chi connectivity index (χ1) is 11.7. The zero-order chi connectivity index (χ0) is 18.7. The highest BCUT2D eigenvalue weighted by Crippen LogP contribution is 2.41. The van der Waals surface area contributed by atoms with E-state index in [9.17, 15) is 0 Å². The first-order valence-electron chi connectivity index (χ1n) is 8.75. The van der Waals surface area contributed by atoms with Gasteiger partial charge in [-0.25, -0.2) is 0 Å². The van der Waals surface area contributed by atoms with Crippen molar-refractivity contribution in [3.8, 4) is 23.8 Å². The van der Waals surface area contributed by atoms with Gasteiger partial charge in [0, 0.05) is 16.3 Å². The van der Waals surface area contributed by atoms with Crippen LogP contribution in [-0.2, 0) is 5.41 Å². The Hall–Kier alpha value is -1.87. The van der Waals surface area contributed by atoms with Crippen molar-refractivity contribution in [3.05, 3.63) is 59.2 Å². The first kappa shape index (κ1) is 19.5. The fraction of sp³-hybridized carbons (Fsp3) is 0.348. The Morgan fingerprint density at radius 3 is 2.52 bits per heavy atom. The summed E-state index contributed by atoms with van der Waals surface area (Å²) in [6, 6.07) is 8.16. The molecule has 2 unspecified atom stereocenters. The summed E-state index contributed by atoms with van der Waals surface area (Å²) in [4.78, 5) is 0.985. The van der Waals surface area contributed by atoms with Gasteiger partial charge >= 0.3 is 0 Å². The molecule has 1 aromatic rings. The van der Waals surface area contributed by atoms with Gasteiger partial charge in [0.15, 0.2) is 0 Å². The van der Waals surface area contributed by atoms with Gasteiger partial charge in [-0.1, -0.05) is 87.1 Å². The van der Waals surface area contributed by atoms with Crippen LogP contribution in [0.5, 0.6) is 0 Å². The number of allylic oxidation sites excluding steroid dienone is 4. The zero-order valence-electron chi connectivity index (χ0n) is 15.8. The lowest BCUT2D eigenvalue weighted by molar-refractivity contribution is 0.740. The van der Waals surface area contributed by atoms with Gasteiger partial charge in [-0.3, -0.25) is 0 Å². The van der Waals surface area contributed by atoms with Crippen molar-refractivity contribution in [2.45, 2.75) is 45.3 Å². The van der Waals surface area contributed by atoms with E-state index in [4.69, 9.17) is 18.6 Å². The lowest BCUT2D eigenvalue weighted by atomic mass is 9.68. The number of thiocarbonyl (C=S) groups is 1. The van der Waals surface area contributed by atoms with E-state index >= 15 is 0 Å². The molecule has 0 heterocycles. The van der Waals surface area contributed by atoms with E-state index in [1.165, 1.54) is 5.57 Å². The molecule has 0 aliphatic heterocycles. The summed E-state index contributed by atoms with van der Waals surface area (Å²) in [6.45, 7) is 11.0. The molecule has 1 aliphatic rings. The minimum absolute atomic E-state index is 0.199. The number of hydrogen-bond acceptors (Lipinski definition) is 1. The summed E-state index contributed by atoms with van der Waals surface area (Å²) >= 11 is 5.42. The summed E-state index contributed by atoms with van der Waals surface area (Å²) < 4.78 is 0. The molecule has 2 atom stereocenters. The molecule has 128 valence electrons. The van der Waals surface area contributed by atoms with E-state index in [-0.39, 0.29) is 5.92 Å². The zero-order valence-corrected chi connectivity index (χ0v) is 17.6. The predicted octanol–water partition coefficient (Wildman–Crippen LogP) is 5.70. The van der Waals surface area contributed by atoms with Gasteiger partial charge in [-0.15, -0.1) is 12.0 Å². The van der Waals surface area contributed by atoms with Gasteiger partial charge < -0.3 is 0 Å². The highest BCUT2D eigenvalue weighted by molar-refractivity contribution is 7.80. The number of rotatable bonds is 3. The molecule has 0 saturated carbocycles. The van der Waals surface area contributed by atoms with Crippen LogP contribution in [0.2, 0.25) is 19.6 Å². The van der Waals surface area contributed by atoms with Crippen LogP contribution in [0.3, 0.4) is 0 Å². The summed E-state index contributed by atoms with van der Waals surface area (Å²) in [6.07, 6.45) is 13.4. The Morgan fingerprint density at radius 1 is 1.28 bits per heavy atom. The number of terminal acetylenes is 1. The third-order valence-corrected chi connectivity index (χ3v) is 5.58. The third-order valence-electron chi connectivity index (χ3n) is 4.43. The van der Waals surface area contributed by atoms with Gasteiger partial charge in [0.2, 0.25) is 0 Å². The quantitative estimate of drug-likeness (QED) is 0.288. The molecule has 0 N–H and O–H groups in total. The van der Waals surface area contributed by atoms with Crippen LogP contribution in [-0.4, -0.2) is 12.9 Å². The maximum atomic E-state index is 5.81. The molecule has 0 spiro atoms. The Labute approximate surface area is 159 Å². The van der Waals surface area contributed by atoms with E-state index in [1.54, 1.807) is 0 Å². The van der Waals surface area contributed by atoms with Gasteiger partial charge in [0.1, 0.15) is 8.07 Å². The van der Waals surface area contributed by atoms with Crippen LogP contribution in [0.1, 0.15) is 31.4 Å². The van der Waals surface area contributed by atoms with Crippen LogP contribution >= 0.6 is 12.2 Å². The molecule has 0 aromatic heterocycles. The van der Waals surface area contributed by atoms with Crippen LogP contribution in [0, 0.1) is 29.7 Å². The molecule has 2 heteroatoms. The van der Waals surface area contributed by atoms with Crippen molar-refractivity contribution in [2.24, 2.45) is 5.92 Å². The van der Waals surface area contributed by atoms with E-state index in [0.29, 0.717) is 0 Å². The Bertz CT molecular complexity index is 833. The van der Waals surface area contributed by atoms with Gasteiger partial charge in [-0.05, 0) is 30.5 Å². The maximum Gasteiger partial charge on any atom is 0.129 e. The van der Waals surface area contributed by atoms with Crippen molar-refractivity contribution < 1.29 is 0 Å². The average molecular weight is 363 g/mol. The lowest BCUT2D eigenvalue weighted by Crippen LogP contribution is -2.31. The van der Waals surface area contributed by atoms with Crippen molar-refractivity contribution in [1.82, 2.24) is 0 Å². The molecule has 0 radical (unpaired) electrons. The highest BCUT2D eigenvalue weighted by Gasteiger charge is 2.36. The predicted molar refractivity (Wildman–Crippen MR) is 116 cm³/mol. The summed E-state index contributed by atoms with van der Waals surface area (Å²) in [7, 11) is -1.53. The molecule has 2 rings (SSSR count). The second-order valence-electron chi connectivity index (χ2n) is 7.54. The molecule has 0 bridgehead atoms. The van der Waals surface area contributed by atoms with Crippen molar-refractivity contribution in [3.63, 3.8) is 0 Å². The topological polar surface area (TPSA) is 0 Å². The van der Waals surface area contributed by atoms with Crippen LogP contribution < -0.4 is 0 Å². The number of hydrogen-bond donors (Lipinski definition) is 0. The highest BCUT2D eigenvalue weighted by atomic mass is 32.1. The summed E-state index contributed by atoms with van der Waals surface area (Å²) in [5.41, 5.74) is 6.45. The minimum Gasteiger partial charge on any atom is -0.130 e. The van der Waals surface area contributed by atoms with E-state index in [2.05, 4.69) is 68.2 Å². The second-order valence-corrected chi connectivity index (χ2v) is 12.9. The van der Waals surface area contributed by atoms with Gasteiger partial charge in [-0.2, -0.15) is 0 Å². The molecule has 0 amide bonds. The van der Waals surface area contributed by atoms with E-state index in [0.717, 1.165) is 22.4 Å². The van der Waals surface area contributed by atoms with E-state index in [1.807, 2.05) is 25.1 Å². The standard InChI is InChI=1S/C23H26SSi/c1-7-19-11-9-10-12-22(19)23(15-16-25(4,5)6)14-13-20(18(3)24)17-21(23)8-2/h1,9-14,17,20H,8H2,2-6H3. The Balaban J connectivity index is 2.77. The van der Waals surface area contributed by atoms with Crippen molar-refractivity contribution >= 4 is 25.2 Å². The summed E-state index contributed by atoms with van der Waals surface area (Å²) in [5.74, 6) is 6.69. The summed E-state index contributed by atoms with van der Waals surface area (Å²) in [5, 5.41) is 0. The second kappa shape index (κ2) is 7.57. The fourth-order valence-electron chi connectivity index (χ4n) is 3.10. The molecule has 1 aliphatic carbocycles. The third kappa shape index (κ3) is 4.21. The van der Waals surface area contributed by atoms with Crippen LogP contribution in [0.15, 0.2) is 48.1 Å².